The number of imidazole rings is 1. The third-order valence-corrected chi connectivity index (χ3v) is 3.59. The third kappa shape index (κ3) is 3.01. The number of rotatable bonds is 4. The quantitative estimate of drug-likeness (QED) is 0.686. The van der Waals surface area contributed by atoms with E-state index in [4.69, 9.17) is 28.9 Å². The molecule has 0 bridgehead atoms. The van der Waals surface area contributed by atoms with Gasteiger partial charge in [-0.2, -0.15) is 9.97 Å². The number of H-pyrrole nitrogens is 1. The van der Waals surface area contributed by atoms with E-state index in [9.17, 15) is 0 Å². The van der Waals surface area contributed by atoms with Crippen molar-refractivity contribution in [1.82, 2.24) is 19.9 Å². The van der Waals surface area contributed by atoms with E-state index < -0.39 is 0 Å². The highest BCUT2D eigenvalue weighted by atomic mass is 35.5. The SMILES string of the molecule is Nc1nc(NCCc2ccc(Cl)cc2Cl)c2[nH]cnc2n1. The van der Waals surface area contributed by atoms with Crippen LogP contribution in [0.1, 0.15) is 5.56 Å². The number of hydrogen-bond acceptors (Lipinski definition) is 5. The number of aromatic amines is 1. The summed E-state index contributed by atoms with van der Waals surface area (Å²) in [6, 6.07) is 5.46. The van der Waals surface area contributed by atoms with Crippen molar-refractivity contribution in [1.29, 1.82) is 0 Å². The lowest BCUT2D eigenvalue weighted by Gasteiger charge is -2.08. The lowest BCUT2D eigenvalue weighted by Crippen LogP contribution is -2.09. The van der Waals surface area contributed by atoms with Gasteiger partial charge in [-0.15, -0.1) is 0 Å². The van der Waals surface area contributed by atoms with E-state index >= 15 is 0 Å². The molecule has 0 aliphatic carbocycles. The number of fused-ring (bicyclic) bond motifs is 1. The minimum atomic E-state index is 0.182. The predicted molar refractivity (Wildman–Crippen MR) is 84.8 cm³/mol. The number of aromatic nitrogens is 4. The van der Waals surface area contributed by atoms with Gasteiger partial charge in [0.15, 0.2) is 11.5 Å². The monoisotopic (exact) mass is 322 g/mol. The highest BCUT2D eigenvalue weighted by molar-refractivity contribution is 6.35. The van der Waals surface area contributed by atoms with E-state index in [1.807, 2.05) is 12.1 Å². The van der Waals surface area contributed by atoms with Crippen LogP contribution in [0.5, 0.6) is 0 Å². The molecule has 2 aromatic heterocycles. The smallest absolute Gasteiger partial charge is 0.224 e. The molecule has 6 nitrogen and oxygen atoms in total. The van der Waals surface area contributed by atoms with Crippen molar-refractivity contribution in [3.8, 4) is 0 Å². The largest absolute Gasteiger partial charge is 0.368 e. The molecule has 0 atom stereocenters. The number of anilines is 2. The van der Waals surface area contributed by atoms with Gasteiger partial charge < -0.3 is 16.0 Å². The van der Waals surface area contributed by atoms with Gasteiger partial charge in [0.1, 0.15) is 5.52 Å². The molecule has 0 saturated carbocycles. The first-order valence-corrected chi connectivity index (χ1v) is 7.03. The van der Waals surface area contributed by atoms with Crippen molar-refractivity contribution < 1.29 is 0 Å². The molecular formula is C13H12Cl2N6. The average Bonchev–Trinajstić information content (AvgIpc) is 2.89. The van der Waals surface area contributed by atoms with E-state index in [1.54, 1.807) is 12.4 Å². The van der Waals surface area contributed by atoms with Crippen LogP contribution in [0.15, 0.2) is 24.5 Å². The lowest BCUT2D eigenvalue weighted by molar-refractivity contribution is 1.01. The topological polar surface area (TPSA) is 92.5 Å². The molecule has 21 heavy (non-hydrogen) atoms. The van der Waals surface area contributed by atoms with E-state index in [0.717, 1.165) is 17.5 Å². The Hall–Kier alpha value is -2.05. The van der Waals surface area contributed by atoms with Crippen LogP contribution < -0.4 is 11.1 Å². The van der Waals surface area contributed by atoms with Crippen molar-refractivity contribution >= 4 is 46.1 Å². The van der Waals surface area contributed by atoms with Gasteiger partial charge in [-0.05, 0) is 24.1 Å². The molecule has 3 rings (SSSR count). The summed E-state index contributed by atoms with van der Waals surface area (Å²) in [4.78, 5) is 15.3. The zero-order valence-corrected chi connectivity index (χ0v) is 12.4. The van der Waals surface area contributed by atoms with Crippen molar-refractivity contribution in [2.24, 2.45) is 0 Å². The number of hydrogen-bond donors (Lipinski definition) is 3. The van der Waals surface area contributed by atoms with E-state index in [0.29, 0.717) is 28.1 Å². The van der Waals surface area contributed by atoms with Crippen LogP contribution in [-0.2, 0) is 6.42 Å². The second kappa shape index (κ2) is 5.75. The van der Waals surface area contributed by atoms with Gasteiger partial charge in [0.05, 0.1) is 6.33 Å². The van der Waals surface area contributed by atoms with Crippen LogP contribution in [0.4, 0.5) is 11.8 Å². The molecule has 4 N–H and O–H groups in total. The summed E-state index contributed by atoms with van der Waals surface area (Å²) >= 11 is 12.0. The Balaban J connectivity index is 1.73. The van der Waals surface area contributed by atoms with Crippen molar-refractivity contribution in [2.45, 2.75) is 6.42 Å². The summed E-state index contributed by atoms with van der Waals surface area (Å²) in [7, 11) is 0. The number of nitrogens with zero attached hydrogens (tertiary/aromatic N) is 3. The molecule has 0 amide bonds. The van der Waals surface area contributed by atoms with Crippen LogP contribution >= 0.6 is 23.2 Å². The standard InChI is InChI=1S/C13H12Cl2N6/c14-8-2-1-7(9(15)5-8)3-4-17-11-10-12(19-6-18-10)21-13(16)20-11/h1-2,5-6H,3-4H2,(H4,16,17,18,19,20,21). The number of benzene rings is 1. The van der Waals surface area contributed by atoms with Crippen molar-refractivity contribution in [3.63, 3.8) is 0 Å². The zero-order valence-electron chi connectivity index (χ0n) is 10.9. The molecule has 0 saturated heterocycles. The number of halogens is 2. The minimum Gasteiger partial charge on any atom is -0.368 e. The molecule has 2 heterocycles. The highest BCUT2D eigenvalue weighted by Crippen LogP contribution is 2.22. The minimum absolute atomic E-state index is 0.182. The molecular weight excluding hydrogens is 311 g/mol. The van der Waals surface area contributed by atoms with Crippen LogP contribution in [-0.4, -0.2) is 26.5 Å². The molecule has 3 aromatic rings. The summed E-state index contributed by atoms with van der Waals surface area (Å²) in [5.41, 5.74) is 7.93. The molecule has 0 radical (unpaired) electrons. The molecule has 0 spiro atoms. The third-order valence-electron chi connectivity index (χ3n) is 3.00. The summed E-state index contributed by atoms with van der Waals surface area (Å²) < 4.78 is 0. The van der Waals surface area contributed by atoms with Gasteiger partial charge in [-0.3, -0.25) is 0 Å². The number of nitrogen functional groups attached to an aromatic ring is 1. The molecule has 0 aliphatic rings. The highest BCUT2D eigenvalue weighted by Gasteiger charge is 2.08. The van der Waals surface area contributed by atoms with Crippen molar-refractivity contribution in [3.05, 3.63) is 40.1 Å². The second-order valence-electron chi connectivity index (χ2n) is 4.44. The van der Waals surface area contributed by atoms with Gasteiger partial charge in [0.2, 0.25) is 5.95 Å². The summed E-state index contributed by atoms with van der Waals surface area (Å²) in [6.07, 6.45) is 2.29. The summed E-state index contributed by atoms with van der Waals surface area (Å²) in [5, 5.41) is 4.49. The van der Waals surface area contributed by atoms with Gasteiger partial charge in [0.25, 0.3) is 0 Å². The van der Waals surface area contributed by atoms with E-state index in [1.165, 1.54) is 0 Å². The molecule has 108 valence electrons. The van der Waals surface area contributed by atoms with E-state index in [-0.39, 0.29) is 5.95 Å². The van der Waals surface area contributed by atoms with Crippen LogP contribution in [0.3, 0.4) is 0 Å². The number of nitrogens with one attached hydrogen (secondary N) is 2. The normalized spacial score (nSPS) is 11.0. The first kappa shape index (κ1) is 13.9. The molecule has 0 aliphatic heterocycles. The van der Waals surface area contributed by atoms with Gasteiger partial charge in [-0.1, -0.05) is 29.3 Å². The van der Waals surface area contributed by atoms with Crippen LogP contribution in [0.25, 0.3) is 11.2 Å². The first-order chi connectivity index (χ1) is 10.1. The Labute approximate surface area is 130 Å². The van der Waals surface area contributed by atoms with E-state index in [2.05, 4.69) is 25.3 Å². The molecule has 0 fully saturated rings. The fourth-order valence-electron chi connectivity index (χ4n) is 2.02. The fraction of sp³-hybridized carbons (Fsp3) is 0.154. The predicted octanol–water partition coefficient (Wildman–Crippen LogP) is 2.90. The second-order valence-corrected chi connectivity index (χ2v) is 5.29. The Kier molecular flexibility index (Phi) is 3.81. The Bertz CT molecular complexity index is 785. The Morgan fingerprint density at radius 3 is 2.90 bits per heavy atom. The Morgan fingerprint density at radius 2 is 2.10 bits per heavy atom. The maximum Gasteiger partial charge on any atom is 0.224 e. The summed E-state index contributed by atoms with van der Waals surface area (Å²) in [5.74, 6) is 0.807. The van der Waals surface area contributed by atoms with Gasteiger partial charge in [0, 0.05) is 16.6 Å². The van der Waals surface area contributed by atoms with Gasteiger partial charge >= 0.3 is 0 Å². The molecule has 8 heteroatoms. The fourth-order valence-corrected chi connectivity index (χ4v) is 2.52. The number of nitrogens with two attached hydrogens (primary N) is 1. The lowest BCUT2D eigenvalue weighted by atomic mass is 10.1. The van der Waals surface area contributed by atoms with Crippen molar-refractivity contribution in [2.75, 3.05) is 17.6 Å². The first-order valence-electron chi connectivity index (χ1n) is 6.28. The Morgan fingerprint density at radius 1 is 1.24 bits per heavy atom. The maximum absolute atomic E-state index is 6.14. The molecule has 0 unspecified atom stereocenters. The van der Waals surface area contributed by atoms with Crippen LogP contribution in [0, 0.1) is 0 Å². The van der Waals surface area contributed by atoms with Crippen LogP contribution in [0.2, 0.25) is 10.0 Å². The summed E-state index contributed by atoms with van der Waals surface area (Å²) in [6.45, 7) is 0.645. The zero-order chi connectivity index (χ0) is 14.8. The average molecular weight is 323 g/mol. The maximum atomic E-state index is 6.14. The van der Waals surface area contributed by atoms with Gasteiger partial charge in [-0.25, -0.2) is 4.98 Å². The molecule has 1 aromatic carbocycles.